The zero-order chi connectivity index (χ0) is 11.9. The largest absolute Gasteiger partial charge is 0.469 e. The maximum atomic E-state index is 10.2. The van der Waals surface area contributed by atoms with Crippen LogP contribution >= 0.6 is 15.6 Å². The van der Waals surface area contributed by atoms with E-state index in [0.29, 0.717) is 19.3 Å². The van der Waals surface area contributed by atoms with Gasteiger partial charge in [0.25, 0.3) is 0 Å². The Hall–Kier alpha value is 0.220. The minimum atomic E-state index is -4.40. The van der Waals surface area contributed by atoms with E-state index in [1.807, 2.05) is 0 Å². The molecule has 0 spiro atoms. The van der Waals surface area contributed by atoms with Gasteiger partial charge in [0.05, 0.1) is 13.2 Å². The van der Waals surface area contributed by atoms with Crippen LogP contribution in [0.5, 0.6) is 0 Å². The van der Waals surface area contributed by atoms with Crippen molar-refractivity contribution in [2.75, 3.05) is 13.2 Å². The van der Waals surface area contributed by atoms with Crippen LogP contribution in [0.4, 0.5) is 0 Å². The summed E-state index contributed by atoms with van der Waals surface area (Å²) in [4.78, 5) is 33.2. The molecule has 0 fully saturated rings. The van der Waals surface area contributed by atoms with Crippen molar-refractivity contribution in [3.8, 4) is 0 Å². The Morgan fingerprint density at radius 3 is 1.33 bits per heavy atom. The number of phosphoric acid groups is 2. The van der Waals surface area contributed by atoms with E-state index in [4.69, 9.17) is 19.6 Å². The molecule has 0 aliphatic carbocycles. The summed E-state index contributed by atoms with van der Waals surface area (Å²) in [6.07, 6.45) is 1.27. The van der Waals surface area contributed by atoms with Crippen molar-refractivity contribution >= 4 is 15.6 Å². The summed E-state index contributed by atoms with van der Waals surface area (Å²) >= 11 is 0. The lowest BCUT2D eigenvalue weighted by atomic mass is 10.2. The number of phosphoric ester groups is 2. The molecule has 0 atom stereocenters. The third-order valence-corrected chi connectivity index (χ3v) is 2.35. The molecule has 0 aliphatic heterocycles. The van der Waals surface area contributed by atoms with E-state index in [-0.39, 0.29) is 13.2 Å². The average Bonchev–Trinajstić information content (AvgIpc) is 1.98. The van der Waals surface area contributed by atoms with Gasteiger partial charge >= 0.3 is 15.6 Å². The van der Waals surface area contributed by atoms with Crippen molar-refractivity contribution in [2.24, 2.45) is 0 Å². The number of hydrogen-bond donors (Lipinski definition) is 4. The smallest absolute Gasteiger partial charge is 0.303 e. The fourth-order valence-corrected chi connectivity index (χ4v) is 1.48. The Bertz CT molecular complexity index is 228. The Balaban J connectivity index is 3.27. The number of rotatable bonds is 8. The fourth-order valence-electron chi connectivity index (χ4n) is 0.748. The quantitative estimate of drug-likeness (QED) is 0.365. The van der Waals surface area contributed by atoms with Gasteiger partial charge in [-0.15, -0.1) is 0 Å². The molecule has 0 bridgehead atoms. The van der Waals surface area contributed by atoms with Crippen LogP contribution in [0.3, 0.4) is 0 Å². The van der Waals surface area contributed by atoms with E-state index in [2.05, 4.69) is 9.05 Å². The summed E-state index contributed by atoms with van der Waals surface area (Å²) in [5.41, 5.74) is 0. The maximum absolute atomic E-state index is 10.2. The number of hydrogen-bond acceptors (Lipinski definition) is 4. The second-order valence-electron chi connectivity index (χ2n) is 2.71. The van der Waals surface area contributed by atoms with Crippen molar-refractivity contribution in [3.63, 3.8) is 0 Å². The van der Waals surface area contributed by atoms with E-state index in [9.17, 15) is 9.13 Å². The molecule has 0 radical (unpaired) electrons. The minimum absolute atomic E-state index is 0.0970. The van der Waals surface area contributed by atoms with Crippen LogP contribution in [0.2, 0.25) is 0 Å². The van der Waals surface area contributed by atoms with Crippen LogP contribution in [0.1, 0.15) is 19.3 Å². The molecule has 10 heteroatoms. The van der Waals surface area contributed by atoms with E-state index in [0.717, 1.165) is 0 Å². The van der Waals surface area contributed by atoms with Crippen LogP contribution < -0.4 is 0 Å². The molecular weight excluding hydrogens is 250 g/mol. The van der Waals surface area contributed by atoms with Crippen LogP contribution in [0, 0.1) is 0 Å². The van der Waals surface area contributed by atoms with Gasteiger partial charge in [0.1, 0.15) is 0 Å². The van der Waals surface area contributed by atoms with Gasteiger partial charge in [-0.2, -0.15) is 0 Å². The lowest BCUT2D eigenvalue weighted by Crippen LogP contribution is -1.95. The zero-order valence-electron chi connectivity index (χ0n) is 7.85. The predicted octanol–water partition coefficient (Wildman–Crippen LogP) is 0.375. The van der Waals surface area contributed by atoms with Gasteiger partial charge in [-0.3, -0.25) is 9.05 Å². The molecule has 0 aromatic heterocycles. The first-order chi connectivity index (χ1) is 6.71. The molecule has 4 N–H and O–H groups in total. The highest BCUT2D eigenvalue weighted by atomic mass is 31.2. The van der Waals surface area contributed by atoms with E-state index in [1.54, 1.807) is 0 Å². The van der Waals surface area contributed by atoms with Crippen LogP contribution in [-0.4, -0.2) is 32.8 Å². The molecule has 0 aromatic carbocycles. The fraction of sp³-hybridized carbons (Fsp3) is 1.00. The Morgan fingerprint density at radius 1 is 0.733 bits per heavy atom. The molecule has 15 heavy (non-hydrogen) atoms. The lowest BCUT2D eigenvalue weighted by Gasteiger charge is -2.06. The van der Waals surface area contributed by atoms with E-state index >= 15 is 0 Å². The molecule has 0 aromatic rings. The molecular formula is C5H14O8P2. The lowest BCUT2D eigenvalue weighted by molar-refractivity contribution is 0.183. The topological polar surface area (TPSA) is 134 Å². The van der Waals surface area contributed by atoms with Crippen molar-refractivity contribution in [3.05, 3.63) is 0 Å². The van der Waals surface area contributed by atoms with Gasteiger partial charge in [0.15, 0.2) is 0 Å². The van der Waals surface area contributed by atoms with Crippen molar-refractivity contribution in [1.82, 2.24) is 0 Å². The highest BCUT2D eigenvalue weighted by molar-refractivity contribution is 7.46. The standard InChI is InChI=1S/C5H14O8P2/c6-14(7,8)12-4-2-1-3-5-13-15(9,10)11/h1-5H2,(H2,6,7,8)(H2,9,10,11). The monoisotopic (exact) mass is 264 g/mol. The van der Waals surface area contributed by atoms with E-state index in [1.165, 1.54) is 0 Å². The van der Waals surface area contributed by atoms with Crippen molar-refractivity contribution in [2.45, 2.75) is 19.3 Å². The molecule has 0 aliphatic rings. The first-order valence-corrected chi connectivity index (χ1v) is 7.17. The molecule has 0 rings (SSSR count). The summed E-state index contributed by atoms with van der Waals surface area (Å²) in [6, 6.07) is 0. The highest BCUT2D eigenvalue weighted by Crippen LogP contribution is 2.36. The average molecular weight is 264 g/mol. The highest BCUT2D eigenvalue weighted by Gasteiger charge is 2.13. The summed E-state index contributed by atoms with van der Waals surface area (Å²) in [5.74, 6) is 0. The van der Waals surface area contributed by atoms with Gasteiger partial charge in [0.2, 0.25) is 0 Å². The summed E-state index contributed by atoms with van der Waals surface area (Å²) in [6.45, 7) is -0.194. The first-order valence-electron chi connectivity index (χ1n) is 4.11. The second-order valence-corrected chi connectivity index (χ2v) is 5.19. The Labute approximate surface area is 86.7 Å². The third kappa shape index (κ3) is 14.2. The van der Waals surface area contributed by atoms with Gasteiger partial charge in [-0.05, 0) is 19.3 Å². The summed E-state index contributed by atoms with van der Waals surface area (Å²) in [5, 5.41) is 0. The molecule has 0 amide bonds. The van der Waals surface area contributed by atoms with Gasteiger partial charge in [-0.1, -0.05) is 0 Å². The second kappa shape index (κ2) is 6.73. The van der Waals surface area contributed by atoms with Crippen LogP contribution in [-0.2, 0) is 18.2 Å². The molecule has 0 heterocycles. The zero-order valence-corrected chi connectivity index (χ0v) is 9.64. The number of unbranched alkanes of at least 4 members (excludes halogenated alkanes) is 2. The van der Waals surface area contributed by atoms with Crippen LogP contribution in [0.15, 0.2) is 0 Å². The van der Waals surface area contributed by atoms with Crippen LogP contribution in [0.25, 0.3) is 0 Å². The van der Waals surface area contributed by atoms with Gasteiger partial charge in [0, 0.05) is 0 Å². The predicted molar refractivity (Wildman–Crippen MR) is 49.8 cm³/mol. The molecule has 0 saturated heterocycles. The Kier molecular flexibility index (Phi) is 6.83. The molecule has 8 nitrogen and oxygen atoms in total. The maximum Gasteiger partial charge on any atom is 0.469 e. The van der Waals surface area contributed by atoms with Crippen molar-refractivity contribution < 1.29 is 37.8 Å². The minimum Gasteiger partial charge on any atom is -0.303 e. The Morgan fingerprint density at radius 2 is 1.07 bits per heavy atom. The first kappa shape index (κ1) is 15.2. The molecule has 0 saturated carbocycles. The normalized spacial score (nSPS) is 13.1. The summed E-state index contributed by atoms with van der Waals surface area (Å²) in [7, 11) is -8.81. The van der Waals surface area contributed by atoms with Gasteiger partial charge in [-0.25, -0.2) is 9.13 Å². The third-order valence-electron chi connectivity index (χ3n) is 1.31. The molecule has 0 unspecified atom stereocenters. The SMILES string of the molecule is O=P(O)(O)OCCCCCOP(=O)(O)O. The van der Waals surface area contributed by atoms with Gasteiger partial charge < -0.3 is 19.6 Å². The van der Waals surface area contributed by atoms with E-state index < -0.39 is 15.6 Å². The summed E-state index contributed by atoms with van der Waals surface area (Å²) < 4.78 is 28.7. The van der Waals surface area contributed by atoms with Crippen molar-refractivity contribution in [1.29, 1.82) is 0 Å². The molecule has 92 valence electrons.